The standard InChI is InChI=1S/C19H20N4O6/c1-2-5-22(10-17-20-21-19(29-17)16-4-3-6-27-16)9-13-7-15(23(24)25)8-14-11-26-12-28-18(13)14/h3-4,6-8H,2,5,9-12H2,1H3/p+1. The van der Waals surface area contributed by atoms with Crippen molar-refractivity contribution in [3.63, 3.8) is 0 Å². The molecule has 1 aliphatic heterocycles. The average molecular weight is 401 g/mol. The van der Waals surface area contributed by atoms with E-state index >= 15 is 0 Å². The zero-order valence-corrected chi connectivity index (χ0v) is 15.9. The van der Waals surface area contributed by atoms with Crippen LogP contribution in [0.4, 0.5) is 5.69 Å². The second kappa shape index (κ2) is 8.41. The molecule has 0 bridgehead atoms. The second-order valence-electron chi connectivity index (χ2n) is 6.79. The van der Waals surface area contributed by atoms with Crippen LogP contribution >= 0.6 is 0 Å². The van der Waals surface area contributed by atoms with Crippen LogP contribution in [0, 0.1) is 10.1 Å². The predicted octanol–water partition coefficient (Wildman–Crippen LogP) is 2.10. The number of nitrogens with one attached hydrogen (secondary N) is 1. The van der Waals surface area contributed by atoms with E-state index < -0.39 is 4.92 Å². The van der Waals surface area contributed by atoms with Crippen molar-refractivity contribution >= 4 is 5.69 Å². The molecule has 0 spiro atoms. The lowest BCUT2D eigenvalue weighted by Gasteiger charge is -2.23. The fourth-order valence-electron chi connectivity index (χ4n) is 3.42. The fourth-order valence-corrected chi connectivity index (χ4v) is 3.42. The molecule has 4 rings (SSSR count). The Hall–Kier alpha value is -3.24. The Morgan fingerprint density at radius 2 is 2.17 bits per heavy atom. The van der Waals surface area contributed by atoms with Gasteiger partial charge in [0.15, 0.2) is 19.1 Å². The molecule has 3 heterocycles. The zero-order chi connectivity index (χ0) is 20.2. The number of hydrogen-bond donors (Lipinski definition) is 1. The van der Waals surface area contributed by atoms with Crippen molar-refractivity contribution in [1.82, 2.24) is 10.2 Å². The molecule has 3 aromatic rings. The monoisotopic (exact) mass is 401 g/mol. The first-order chi connectivity index (χ1) is 14.1. The smallest absolute Gasteiger partial charge is 0.283 e. The number of furan rings is 1. The molecule has 1 N–H and O–H groups in total. The van der Waals surface area contributed by atoms with E-state index in [1.165, 1.54) is 6.07 Å². The van der Waals surface area contributed by atoms with Crippen molar-refractivity contribution in [2.24, 2.45) is 0 Å². The third-order valence-corrected chi connectivity index (χ3v) is 4.63. The van der Waals surface area contributed by atoms with Crippen molar-refractivity contribution in [3.05, 3.63) is 57.7 Å². The van der Waals surface area contributed by atoms with Gasteiger partial charge >= 0.3 is 0 Å². The predicted molar refractivity (Wildman–Crippen MR) is 98.9 cm³/mol. The minimum atomic E-state index is -0.397. The van der Waals surface area contributed by atoms with Crippen LogP contribution in [0.15, 0.2) is 39.4 Å². The third kappa shape index (κ3) is 4.28. The highest BCUT2D eigenvalue weighted by Gasteiger charge is 2.25. The lowest BCUT2D eigenvalue weighted by Crippen LogP contribution is -3.09. The van der Waals surface area contributed by atoms with Crippen LogP contribution in [0.1, 0.15) is 30.4 Å². The third-order valence-electron chi connectivity index (χ3n) is 4.63. The van der Waals surface area contributed by atoms with E-state index in [1.54, 1.807) is 24.5 Å². The molecule has 29 heavy (non-hydrogen) atoms. The number of aromatic nitrogens is 2. The van der Waals surface area contributed by atoms with Crippen LogP contribution in [0.3, 0.4) is 0 Å². The van der Waals surface area contributed by atoms with E-state index in [0.29, 0.717) is 48.6 Å². The van der Waals surface area contributed by atoms with Gasteiger partial charge < -0.3 is 23.2 Å². The van der Waals surface area contributed by atoms with Crippen LogP contribution in [-0.4, -0.2) is 28.5 Å². The number of fused-ring (bicyclic) bond motifs is 1. The molecule has 152 valence electrons. The Morgan fingerprint density at radius 1 is 1.28 bits per heavy atom. The number of non-ortho nitro benzene ring substituents is 1. The summed E-state index contributed by atoms with van der Waals surface area (Å²) in [6.45, 7) is 4.34. The molecular formula is C19H21N4O6+. The van der Waals surface area contributed by atoms with Crippen molar-refractivity contribution in [1.29, 1.82) is 0 Å². The van der Waals surface area contributed by atoms with Gasteiger partial charge in [-0.3, -0.25) is 10.1 Å². The van der Waals surface area contributed by atoms with Crippen LogP contribution in [0.2, 0.25) is 0 Å². The first kappa shape index (κ1) is 19.1. The maximum Gasteiger partial charge on any atom is 0.283 e. The van der Waals surface area contributed by atoms with Crippen molar-refractivity contribution in [3.8, 4) is 17.4 Å². The molecule has 0 saturated carbocycles. The maximum absolute atomic E-state index is 11.3. The van der Waals surface area contributed by atoms with Gasteiger partial charge in [-0.25, -0.2) is 0 Å². The number of rotatable bonds is 8. The van der Waals surface area contributed by atoms with Gasteiger partial charge in [-0.15, -0.1) is 10.2 Å². The van der Waals surface area contributed by atoms with Gasteiger partial charge in [0, 0.05) is 17.7 Å². The summed E-state index contributed by atoms with van der Waals surface area (Å²) in [4.78, 5) is 12.1. The molecule has 0 fully saturated rings. The minimum absolute atomic E-state index is 0.0293. The van der Waals surface area contributed by atoms with Gasteiger partial charge in [-0.1, -0.05) is 6.92 Å². The summed E-state index contributed by atoms with van der Waals surface area (Å²) in [6.07, 6.45) is 2.47. The van der Waals surface area contributed by atoms with Crippen molar-refractivity contribution in [2.45, 2.75) is 33.0 Å². The highest BCUT2D eigenvalue weighted by Crippen LogP contribution is 2.32. The number of quaternary nitrogens is 1. The molecule has 10 nitrogen and oxygen atoms in total. The van der Waals surface area contributed by atoms with Gasteiger partial charge in [-0.05, 0) is 18.6 Å². The van der Waals surface area contributed by atoms with E-state index in [2.05, 4.69) is 17.1 Å². The van der Waals surface area contributed by atoms with Gasteiger partial charge in [0.1, 0.15) is 12.3 Å². The van der Waals surface area contributed by atoms with Crippen LogP contribution < -0.4 is 9.64 Å². The van der Waals surface area contributed by atoms with Crippen LogP contribution in [0.25, 0.3) is 11.7 Å². The quantitative estimate of drug-likeness (QED) is 0.450. The van der Waals surface area contributed by atoms with Crippen LogP contribution in [-0.2, 0) is 24.4 Å². The number of ether oxygens (including phenoxy) is 2. The van der Waals surface area contributed by atoms with E-state index in [9.17, 15) is 10.1 Å². The molecular weight excluding hydrogens is 380 g/mol. The van der Waals surface area contributed by atoms with E-state index in [4.69, 9.17) is 18.3 Å². The average Bonchev–Trinajstić information content (AvgIpc) is 3.40. The Labute approximate surface area is 166 Å². The maximum atomic E-state index is 11.3. The number of benzene rings is 1. The first-order valence-electron chi connectivity index (χ1n) is 9.34. The van der Waals surface area contributed by atoms with E-state index in [0.717, 1.165) is 23.4 Å². The summed E-state index contributed by atoms with van der Waals surface area (Å²) in [6, 6.07) is 6.58. The molecule has 0 aliphatic carbocycles. The molecule has 0 radical (unpaired) electrons. The van der Waals surface area contributed by atoms with Gasteiger partial charge in [-0.2, -0.15) is 0 Å². The van der Waals surface area contributed by atoms with E-state index in [1.807, 2.05) is 0 Å². The van der Waals surface area contributed by atoms with Gasteiger partial charge in [0.05, 0.1) is 29.9 Å². The zero-order valence-electron chi connectivity index (χ0n) is 15.9. The fraction of sp³-hybridized carbons (Fsp3) is 0.368. The summed E-state index contributed by atoms with van der Waals surface area (Å²) in [5.41, 5.74) is 1.49. The molecule has 10 heteroatoms. The van der Waals surface area contributed by atoms with Gasteiger partial charge in [0.25, 0.3) is 17.5 Å². The summed E-state index contributed by atoms with van der Waals surface area (Å²) >= 11 is 0. The Balaban J connectivity index is 1.57. The summed E-state index contributed by atoms with van der Waals surface area (Å²) in [5.74, 6) is 1.98. The molecule has 1 atom stereocenters. The molecule has 0 amide bonds. The largest absolute Gasteiger partial charge is 0.467 e. The Kier molecular flexibility index (Phi) is 5.54. The number of hydrogen-bond acceptors (Lipinski definition) is 8. The van der Waals surface area contributed by atoms with Crippen molar-refractivity contribution in [2.75, 3.05) is 13.3 Å². The molecule has 0 saturated heterocycles. The van der Waals surface area contributed by atoms with Gasteiger partial charge in [0.2, 0.25) is 0 Å². The van der Waals surface area contributed by atoms with Crippen LogP contribution in [0.5, 0.6) is 5.75 Å². The molecule has 1 aliphatic rings. The summed E-state index contributed by atoms with van der Waals surface area (Å²) in [5, 5.41) is 19.5. The van der Waals surface area contributed by atoms with Crippen molar-refractivity contribution < 1.29 is 28.1 Å². The topological polar surface area (TPSA) is 118 Å². The number of nitro benzene ring substituents is 1. The second-order valence-corrected chi connectivity index (χ2v) is 6.79. The Bertz CT molecular complexity index is 985. The van der Waals surface area contributed by atoms with E-state index in [-0.39, 0.29) is 12.5 Å². The number of nitro groups is 1. The lowest BCUT2D eigenvalue weighted by molar-refractivity contribution is -0.928. The first-order valence-corrected chi connectivity index (χ1v) is 9.34. The molecule has 1 aromatic carbocycles. The highest BCUT2D eigenvalue weighted by molar-refractivity contribution is 5.50. The normalized spacial score (nSPS) is 14.2. The lowest BCUT2D eigenvalue weighted by atomic mass is 10.1. The SMILES string of the molecule is CCC[NH+](Cc1nnc(-c2ccco2)o1)Cc1cc([N+](=O)[O-])cc2c1OCOC2. The highest BCUT2D eigenvalue weighted by atomic mass is 16.7. The Morgan fingerprint density at radius 3 is 2.93 bits per heavy atom. The summed E-state index contributed by atoms with van der Waals surface area (Å²) in [7, 11) is 0. The minimum Gasteiger partial charge on any atom is -0.467 e. The number of nitrogens with zero attached hydrogens (tertiary/aromatic N) is 3. The molecule has 2 aromatic heterocycles. The molecule has 1 unspecified atom stereocenters. The summed E-state index contributed by atoms with van der Waals surface area (Å²) < 4.78 is 21.9.